The first-order chi connectivity index (χ1) is 9.81. The maximum atomic E-state index is 13.0. The van der Waals surface area contributed by atoms with Crippen LogP contribution in [0.4, 0.5) is 18.9 Å². The molecule has 0 amide bonds. The Kier molecular flexibility index (Phi) is 4.46. The Bertz CT molecular complexity index is 635. The number of halogens is 4. The predicted molar refractivity (Wildman–Crippen MR) is 76.4 cm³/mol. The largest absolute Gasteiger partial charge is 0.418 e. The number of hydrogen-bond acceptors (Lipinski definition) is 2. The number of aromatic nitrogens is 2. The molecule has 0 aliphatic heterocycles. The summed E-state index contributed by atoms with van der Waals surface area (Å²) in [7, 11) is 0. The van der Waals surface area contributed by atoms with Gasteiger partial charge in [-0.05, 0) is 38.1 Å². The lowest BCUT2D eigenvalue weighted by atomic mass is 10.1. The smallest absolute Gasteiger partial charge is 0.379 e. The summed E-state index contributed by atoms with van der Waals surface area (Å²) in [5, 5.41) is 7.13. The summed E-state index contributed by atoms with van der Waals surface area (Å²) in [5.41, 5.74) is 0.904. The van der Waals surface area contributed by atoms with Gasteiger partial charge in [0.2, 0.25) is 0 Å². The van der Waals surface area contributed by atoms with Gasteiger partial charge < -0.3 is 5.32 Å². The molecule has 1 aromatic heterocycles. The monoisotopic (exact) mass is 317 g/mol. The van der Waals surface area contributed by atoms with Crippen molar-refractivity contribution in [1.82, 2.24) is 9.78 Å². The Morgan fingerprint density at radius 1 is 1.29 bits per heavy atom. The third-order valence-electron chi connectivity index (χ3n) is 3.03. The van der Waals surface area contributed by atoms with Crippen LogP contribution in [0.25, 0.3) is 0 Å². The van der Waals surface area contributed by atoms with Crippen LogP contribution in [0.1, 0.15) is 23.9 Å². The second kappa shape index (κ2) is 5.97. The van der Waals surface area contributed by atoms with Crippen molar-refractivity contribution in [3.63, 3.8) is 0 Å². The fraction of sp³-hybridized carbons (Fsp3) is 0.357. The van der Waals surface area contributed by atoms with E-state index in [1.165, 1.54) is 12.1 Å². The van der Waals surface area contributed by atoms with Gasteiger partial charge in [0, 0.05) is 17.3 Å². The second-order valence-corrected chi connectivity index (χ2v) is 5.07. The third kappa shape index (κ3) is 3.69. The van der Waals surface area contributed by atoms with Crippen LogP contribution in [-0.2, 0) is 19.3 Å². The first-order valence-electron chi connectivity index (χ1n) is 6.45. The number of anilines is 1. The minimum absolute atomic E-state index is 0.00778. The summed E-state index contributed by atoms with van der Waals surface area (Å²) in [5.74, 6) is 0. The van der Waals surface area contributed by atoms with Crippen molar-refractivity contribution in [3.05, 3.63) is 46.2 Å². The molecule has 1 N–H and O–H groups in total. The van der Waals surface area contributed by atoms with Crippen molar-refractivity contribution in [2.24, 2.45) is 0 Å². The SMILES string of the molecule is CCn1nc(C)cc1CNc1ccc(Cl)cc1C(F)(F)F. The van der Waals surface area contributed by atoms with E-state index in [1.54, 1.807) is 4.68 Å². The zero-order valence-electron chi connectivity index (χ0n) is 11.6. The van der Waals surface area contributed by atoms with Crippen molar-refractivity contribution in [3.8, 4) is 0 Å². The molecule has 7 heteroatoms. The molecule has 0 fully saturated rings. The lowest BCUT2D eigenvalue weighted by Gasteiger charge is -2.15. The van der Waals surface area contributed by atoms with Crippen molar-refractivity contribution >= 4 is 17.3 Å². The lowest BCUT2D eigenvalue weighted by molar-refractivity contribution is -0.136. The standard InChI is InChI=1S/C14H15ClF3N3/c1-3-21-11(6-9(2)20-21)8-19-13-5-4-10(15)7-12(13)14(16,17)18/h4-7,19H,3,8H2,1-2H3. The average Bonchev–Trinajstić information content (AvgIpc) is 2.76. The molecule has 0 saturated carbocycles. The molecular formula is C14H15ClF3N3. The van der Waals surface area contributed by atoms with Crippen LogP contribution < -0.4 is 5.32 Å². The van der Waals surface area contributed by atoms with E-state index in [0.29, 0.717) is 6.54 Å². The van der Waals surface area contributed by atoms with E-state index in [2.05, 4.69) is 10.4 Å². The molecule has 0 radical (unpaired) electrons. The Hall–Kier alpha value is -1.69. The van der Waals surface area contributed by atoms with Gasteiger partial charge in [0.1, 0.15) is 0 Å². The van der Waals surface area contributed by atoms with Crippen LogP contribution in [0.2, 0.25) is 5.02 Å². The van der Waals surface area contributed by atoms with E-state index in [1.807, 2.05) is 19.9 Å². The normalized spacial score (nSPS) is 11.7. The van der Waals surface area contributed by atoms with E-state index >= 15 is 0 Å². The summed E-state index contributed by atoms with van der Waals surface area (Å²) in [6.45, 7) is 4.70. The predicted octanol–water partition coefficient (Wildman–Crippen LogP) is 4.50. The number of nitrogens with zero attached hydrogens (tertiary/aromatic N) is 2. The number of hydrogen-bond donors (Lipinski definition) is 1. The molecule has 0 aliphatic carbocycles. The number of aryl methyl sites for hydroxylation is 2. The maximum absolute atomic E-state index is 13.0. The summed E-state index contributed by atoms with van der Waals surface area (Å²) in [4.78, 5) is 0. The van der Waals surface area contributed by atoms with Crippen LogP contribution in [0, 0.1) is 6.92 Å². The third-order valence-corrected chi connectivity index (χ3v) is 3.27. The highest BCUT2D eigenvalue weighted by molar-refractivity contribution is 6.30. The highest BCUT2D eigenvalue weighted by atomic mass is 35.5. The Balaban J connectivity index is 2.24. The molecule has 0 bridgehead atoms. The maximum Gasteiger partial charge on any atom is 0.418 e. The van der Waals surface area contributed by atoms with Gasteiger partial charge in [-0.1, -0.05) is 11.6 Å². The average molecular weight is 318 g/mol. The van der Waals surface area contributed by atoms with E-state index in [0.717, 1.165) is 17.5 Å². The van der Waals surface area contributed by atoms with Gasteiger partial charge in [-0.25, -0.2) is 0 Å². The molecule has 0 aliphatic rings. The Morgan fingerprint density at radius 2 is 2.00 bits per heavy atom. The van der Waals surface area contributed by atoms with E-state index < -0.39 is 11.7 Å². The zero-order valence-corrected chi connectivity index (χ0v) is 12.4. The molecule has 0 spiro atoms. The van der Waals surface area contributed by atoms with Gasteiger partial charge in [0.05, 0.1) is 23.5 Å². The fourth-order valence-corrected chi connectivity index (χ4v) is 2.28. The topological polar surface area (TPSA) is 29.9 Å². The minimum Gasteiger partial charge on any atom is -0.379 e. The summed E-state index contributed by atoms with van der Waals surface area (Å²) < 4.78 is 40.7. The number of alkyl halides is 3. The van der Waals surface area contributed by atoms with Crippen LogP contribution in [0.3, 0.4) is 0 Å². The van der Waals surface area contributed by atoms with E-state index in [-0.39, 0.29) is 17.3 Å². The van der Waals surface area contributed by atoms with Crippen molar-refractivity contribution in [2.75, 3.05) is 5.32 Å². The molecular weight excluding hydrogens is 303 g/mol. The number of rotatable bonds is 4. The van der Waals surface area contributed by atoms with Crippen LogP contribution in [-0.4, -0.2) is 9.78 Å². The first kappa shape index (κ1) is 15.7. The van der Waals surface area contributed by atoms with Gasteiger partial charge in [0.15, 0.2) is 0 Å². The number of benzene rings is 1. The van der Waals surface area contributed by atoms with E-state index in [9.17, 15) is 13.2 Å². The highest BCUT2D eigenvalue weighted by Gasteiger charge is 2.33. The first-order valence-corrected chi connectivity index (χ1v) is 6.83. The molecule has 1 aromatic carbocycles. The molecule has 0 saturated heterocycles. The van der Waals surface area contributed by atoms with E-state index in [4.69, 9.17) is 11.6 Å². The van der Waals surface area contributed by atoms with Gasteiger partial charge in [0.25, 0.3) is 0 Å². The van der Waals surface area contributed by atoms with Gasteiger partial charge in [-0.3, -0.25) is 4.68 Å². The Labute approximate surface area is 125 Å². The molecule has 1 heterocycles. The molecule has 0 unspecified atom stereocenters. The van der Waals surface area contributed by atoms with Crippen LogP contribution in [0.5, 0.6) is 0 Å². The van der Waals surface area contributed by atoms with Crippen molar-refractivity contribution in [2.45, 2.75) is 33.1 Å². The zero-order chi connectivity index (χ0) is 15.6. The van der Waals surface area contributed by atoms with Crippen molar-refractivity contribution in [1.29, 1.82) is 0 Å². The fourth-order valence-electron chi connectivity index (χ4n) is 2.11. The summed E-state index contributed by atoms with van der Waals surface area (Å²) in [6, 6.07) is 5.54. The lowest BCUT2D eigenvalue weighted by Crippen LogP contribution is -2.13. The number of nitrogens with one attached hydrogen (secondary N) is 1. The van der Waals surface area contributed by atoms with Crippen molar-refractivity contribution < 1.29 is 13.2 Å². The van der Waals surface area contributed by atoms with Crippen LogP contribution in [0.15, 0.2) is 24.3 Å². The quantitative estimate of drug-likeness (QED) is 0.900. The molecule has 2 rings (SSSR count). The van der Waals surface area contributed by atoms with Gasteiger partial charge in [-0.15, -0.1) is 0 Å². The molecule has 2 aromatic rings. The summed E-state index contributed by atoms with van der Waals surface area (Å²) >= 11 is 5.65. The summed E-state index contributed by atoms with van der Waals surface area (Å²) in [6.07, 6.45) is -4.45. The van der Waals surface area contributed by atoms with Gasteiger partial charge in [-0.2, -0.15) is 18.3 Å². The Morgan fingerprint density at radius 3 is 2.62 bits per heavy atom. The molecule has 3 nitrogen and oxygen atoms in total. The minimum atomic E-state index is -4.45. The second-order valence-electron chi connectivity index (χ2n) is 4.63. The molecule has 0 atom stereocenters. The van der Waals surface area contributed by atoms with Gasteiger partial charge >= 0.3 is 6.18 Å². The highest BCUT2D eigenvalue weighted by Crippen LogP contribution is 2.36. The molecule has 21 heavy (non-hydrogen) atoms. The van der Waals surface area contributed by atoms with Crippen LogP contribution >= 0.6 is 11.6 Å². The molecule has 114 valence electrons.